The van der Waals surface area contributed by atoms with Gasteiger partial charge in [-0.2, -0.15) is 5.11 Å². The average Bonchev–Trinajstić information content (AvgIpc) is 2.61. The van der Waals surface area contributed by atoms with Crippen molar-refractivity contribution in [3.8, 4) is 0 Å². The lowest BCUT2D eigenvalue weighted by molar-refractivity contribution is 0.364. The molecule has 0 bridgehead atoms. The van der Waals surface area contributed by atoms with Crippen molar-refractivity contribution in [2.45, 2.75) is 13.1 Å². The van der Waals surface area contributed by atoms with Crippen molar-refractivity contribution in [2.24, 2.45) is 10.2 Å². The molecule has 72 valence electrons. The van der Waals surface area contributed by atoms with Crippen LogP contribution in [0.3, 0.4) is 0 Å². The zero-order valence-electron chi connectivity index (χ0n) is 7.92. The van der Waals surface area contributed by atoms with Gasteiger partial charge in [-0.3, -0.25) is 0 Å². The van der Waals surface area contributed by atoms with Crippen LogP contribution in [0.2, 0.25) is 0 Å². The third-order valence-electron chi connectivity index (χ3n) is 2.23. The fraction of sp³-hybridized carbons (Fsp3) is 0.300. The van der Waals surface area contributed by atoms with Gasteiger partial charge in [0.2, 0.25) is 5.11 Å². The minimum absolute atomic E-state index is 0.0197. The molecule has 0 N–H and O–H groups in total. The van der Waals surface area contributed by atoms with Crippen molar-refractivity contribution in [1.29, 1.82) is 0 Å². The van der Waals surface area contributed by atoms with E-state index in [1.54, 1.807) is 0 Å². The molecular formula is C10H11N3S. The van der Waals surface area contributed by atoms with E-state index in [4.69, 9.17) is 12.2 Å². The topological polar surface area (TPSA) is 28.0 Å². The van der Waals surface area contributed by atoms with Crippen LogP contribution >= 0.6 is 12.2 Å². The molecule has 1 aliphatic rings. The molecule has 2 rings (SSSR count). The summed E-state index contributed by atoms with van der Waals surface area (Å²) in [5.74, 6) is 0. The quantitative estimate of drug-likeness (QED) is 0.694. The van der Waals surface area contributed by atoms with E-state index in [-0.39, 0.29) is 6.17 Å². The number of azo groups is 1. The maximum atomic E-state index is 5.08. The van der Waals surface area contributed by atoms with Crippen LogP contribution in [0, 0.1) is 0 Å². The molecule has 1 heterocycles. The molecule has 0 spiro atoms. The lowest BCUT2D eigenvalue weighted by atomic mass is 10.1. The van der Waals surface area contributed by atoms with Crippen LogP contribution in [0.15, 0.2) is 40.6 Å². The predicted octanol–water partition coefficient (Wildman–Crippen LogP) is 2.76. The van der Waals surface area contributed by atoms with E-state index in [0.29, 0.717) is 5.11 Å². The molecule has 0 aliphatic carbocycles. The second-order valence-electron chi connectivity index (χ2n) is 3.07. The lowest BCUT2D eigenvalue weighted by Gasteiger charge is -2.20. The van der Waals surface area contributed by atoms with Gasteiger partial charge in [-0.25, -0.2) is 0 Å². The first-order chi connectivity index (χ1) is 6.83. The molecule has 14 heavy (non-hydrogen) atoms. The normalized spacial score (nSPS) is 20.5. The Morgan fingerprint density at radius 3 is 2.71 bits per heavy atom. The molecule has 1 aromatic rings. The number of rotatable bonds is 2. The Bertz CT molecular complexity index is 361. The zero-order valence-corrected chi connectivity index (χ0v) is 8.74. The Balaban J connectivity index is 2.28. The molecule has 1 aliphatic heterocycles. The largest absolute Gasteiger partial charge is 0.319 e. The monoisotopic (exact) mass is 205 g/mol. The van der Waals surface area contributed by atoms with Crippen molar-refractivity contribution in [2.75, 3.05) is 6.54 Å². The van der Waals surface area contributed by atoms with Gasteiger partial charge < -0.3 is 4.90 Å². The van der Waals surface area contributed by atoms with Crippen LogP contribution in [0.5, 0.6) is 0 Å². The van der Waals surface area contributed by atoms with Gasteiger partial charge in [0.05, 0.1) is 0 Å². The van der Waals surface area contributed by atoms with Crippen LogP contribution in [-0.4, -0.2) is 16.6 Å². The molecule has 0 fully saturated rings. The summed E-state index contributed by atoms with van der Waals surface area (Å²) >= 11 is 5.08. The summed E-state index contributed by atoms with van der Waals surface area (Å²) in [5.41, 5.74) is 1.14. The molecule has 4 heteroatoms. The smallest absolute Gasteiger partial charge is 0.218 e. The summed E-state index contributed by atoms with van der Waals surface area (Å²) in [6, 6.07) is 10.1. The Labute approximate surface area is 88.5 Å². The molecule has 0 saturated carbocycles. The molecule has 0 aromatic heterocycles. The van der Waals surface area contributed by atoms with Gasteiger partial charge in [-0.15, -0.1) is 5.11 Å². The molecule has 1 aromatic carbocycles. The first kappa shape index (κ1) is 9.27. The number of thiocarbonyl (C=S) groups is 1. The van der Waals surface area contributed by atoms with Gasteiger partial charge in [-0.05, 0) is 24.7 Å². The average molecular weight is 205 g/mol. The SMILES string of the molecule is CCN1C(=S)N=NC1c1ccccc1. The second kappa shape index (κ2) is 3.84. The van der Waals surface area contributed by atoms with Crippen molar-refractivity contribution in [1.82, 2.24) is 4.90 Å². The number of hydrogen-bond donors (Lipinski definition) is 0. The van der Waals surface area contributed by atoms with Crippen molar-refractivity contribution >= 4 is 17.3 Å². The summed E-state index contributed by atoms with van der Waals surface area (Å²) in [5, 5.41) is 8.66. The Kier molecular flexibility index (Phi) is 2.54. The van der Waals surface area contributed by atoms with Gasteiger partial charge in [0.15, 0.2) is 6.17 Å². The van der Waals surface area contributed by atoms with Crippen LogP contribution in [-0.2, 0) is 0 Å². The minimum Gasteiger partial charge on any atom is -0.319 e. The highest BCUT2D eigenvalue weighted by Gasteiger charge is 2.25. The summed E-state index contributed by atoms with van der Waals surface area (Å²) < 4.78 is 0. The fourth-order valence-corrected chi connectivity index (χ4v) is 1.78. The summed E-state index contributed by atoms with van der Waals surface area (Å²) in [4.78, 5) is 2.00. The summed E-state index contributed by atoms with van der Waals surface area (Å²) in [7, 11) is 0. The van der Waals surface area contributed by atoms with Crippen LogP contribution < -0.4 is 0 Å². The Morgan fingerprint density at radius 1 is 1.36 bits per heavy atom. The molecule has 0 saturated heterocycles. The standard InChI is InChI=1S/C10H11N3S/c1-2-13-9(11-12-10(13)14)8-6-4-3-5-7-8/h3-7,9H,2H2,1H3. The van der Waals surface area contributed by atoms with E-state index in [1.165, 1.54) is 0 Å². The van der Waals surface area contributed by atoms with Crippen LogP contribution in [0.1, 0.15) is 18.7 Å². The summed E-state index contributed by atoms with van der Waals surface area (Å²) in [6.45, 7) is 2.89. The van der Waals surface area contributed by atoms with Gasteiger partial charge in [0, 0.05) is 6.54 Å². The predicted molar refractivity (Wildman–Crippen MR) is 59.0 cm³/mol. The highest BCUT2D eigenvalue weighted by molar-refractivity contribution is 7.80. The third kappa shape index (κ3) is 1.53. The van der Waals surface area contributed by atoms with Crippen LogP contribution in [0.25, 0.3) is 0 Å². The van der Waals surface area contributed by atoms with Crippen molar-refractivity contribution < 1.29 is 0 Å². The van der Waals surface area contributed by atoms with E-state index >= 15 is 0 Å². The van der Waals surface area contributed by atoms with Gasteiger partial charge in [0.1, 0.15) is 0 Å². The molecule has 0 radical (unpaired) electrons. The first-order valence-corrected chi connectivity index (χ1v) is 5.00. The van der Waals surface area contributed by atoms with Gasteiger partial charge in [0.25, 0.3) is 0 Å². The summed E-state index contributed by atoms with van der Waals surface area (Å²) in [6.07, 6.45) is -0.0197. The number of nitrogens with zero attached hydrogens (tertiary/aromatic N) is 3. The molecule has 1 unspecified atom stereocenters. The van der Waals surface area contributed by atoms with E-state index in [9.17, 15) is 0 Å². The molecule has 0 amide bonds. The maximum Gasteiger partial charge on any atom is 0.218 e. The van der Waals surface area contributed by atoms with Gasteiger partial charge in [-0.1, -0.05) is 30.3 Å². The first-order valence-electron chi connectivity index (χ1n) is 4.59. The highest BCUT2D eigenvalue weighted by atomic mass is 32.1. The molecule has 3 nitrogen and oxygen atoms in total. The second-order valence-corrected chi connectivity index (χ2v) is 3.43. The highest BCUT2D eigenvalue weighted by Crippen LogP contribution is 2.27. The Hall–Kier alpha value is -1.29. The molecular weight excluding hydrogens is 194 g/mol. The van der Waals surface area contributed by atoms with Gasteiger partial charge >= 0.3 is 0 Å². The fourth-order valence-electron chi connectivity index (χ4n) is 1.51. The van der Waals surface area contributed by atoms with E-state index in [0.717, 1.165) is 12.1 Å². The number of hydrogen-bond acceptors (Lipinski definition) is 2. The minimum atomic E-state index is -0.0197. The lowest BCUT2D eigenvalue weighted by Crippen LogP contribution is -2.26. The van der Waals surface area contributed by atoms with Crippen LogP contribution in [0.4, 0.5) is 0 Å². The third-order valence-corrected chi connectivity index (χ3v) is 2.55. The van der Waals surface area contributed by atoms with Crippen molar-refractivity contribution in [3.63, 3.8) is 0 Å². The maximum absolute atomic E-state index is 5.08. The zero-order chi connectivity index (χ0) is 9.97. The molecule has 1 atom stereocenters. The van der Waals surface area contributed by atoms with E-state index < -0.39 is 0 Å². The van der Waals surface area contributed by atoms with E-state index in [2.05, 4.69) is 17.2 Å². The Morgan fingerprint density at radius 2 is 2.07 bits per heavy atom. The van der Waals surface area contributed by atoms with Crippen molar-refractivity contribution in [3.05, 3.63) is 35.9 Å². The number of benzene rings is 1. The van der Waals surface area contributed by atoms with E-state index in [1.807, 2.05) is 35.2 Å².